The Balaban J connectivity index is 1.39. The van der Waals surface area contributed by atoms with Gasteiger partial charge >= 0.3 is 0 Å². The van der Waals surface area contributed by atoms with Gasteiger partial charge in [-0.15, -0.1) is 0 Å². The van der Waals surface area contributed by atoms with Crippen molar-refractivity contribution in [3.8, 4) is 0 Å². The first-order valence-corrected chi connectivity index (χ1v) is 8.55. The van der Waals surface area contributed by atoms with Crippen LogP contribution in [0.3, 0.4) is 0 Å². The molecule has 0 unspecified atom stereocenters. The van der Waals surface area contributed by atoms with Crippen molar-refractivity contribution < 1.29 is 9.84 Å². The normalized spacial score (nSPS) is 27.9. The average Bonchev–Trinajstić information content (AvgIpc) is 2.55. The molecular formula is C18H28N2O2. The van der Waals surface area contributed by atoms with Crippen LogP contribution in [0.25, 0.3) is 0 Å². The molecule has 0 aliphatic carbocycles. The lowest BCUT2D eigenvalue weighted by atomic mass is 9.92. The highest BCUT2D eigenvalue weighted by Crippen LogP contribution is 2.21. The predicted molar refractivity (Wildman–Crippen MR) is 87.7 cm³/mol. The summed E-state index contributed by atoms with van der Waals surface area (Å²) in [5, 5.41) is 13.9. The number of ether oxygens (including phenoxy) is 1. The van der Waals surface area contributed by atoms with E-state index in [1.165, 1.54) is 5.56 Å². The van der Waals surface area contributed by atoms with Crippen LogP contribution in [0.15, 0.2) is 30.3 Å². The fourth-order valence-electron chi connectivity index (χ4n) is 3.53. The highest BCUT2D eigenvalue weighted by molar-refractivity contribution is 5.13. The lowest BCUT2D eigenvalue weighted by Crippen LogP contribution is -2.54. The number of nitrogens with one attached hydrogen (secondary N) is 1. The molecule has 22 heavy (non-hydrogen) atoms. The minimum absolute atomic E-state index is 0.357. The lowest BCUT2D eigenvalue weighted by molar-refractivity contribution is -0.0444. The SMILES string of the molecule is O[C@@]1(CN2CCC(OCc3ccccc3)CC2)CCCNC1. The Kier molecular flexibility index (Phi) is 5.47. The number of piperidine rings is 2. The Hall–Kier alpha value is -0.940. The molecule has 0 spiro atoms. The smallest absolute Gasteiger partial charge is 0.0898 e. The third-order valence-corrected chi connectivity index (χ3v) is 4.83. The topological polar surface area (TPSA) is 44.7 Å². The molecule has 0 bridgehead atoms. The maximum atomic E-state index is 10.6. The molecule has 0 saturated carbocycles. The van der Waals surface area contributed by atoms with Gasteiger partial charge in [-0.3, -0.25) is 0 Å². The number of benzene rings is 1. The van der Waals surface area contributed by atoms with Crippen molar-refractivity contribution in [2.75, 3.05) is 32.7 Å². The molecule has 3 rings (SSSR count). The Morgan fingerprint density at radius 1 is 1.23 bits per heavy atom. The number of hydrogen-bond donors (Lipinski definition) is 2. The van der Waals surface area contributed by atoms with E-state index in [2.05, 4.69) is 34.5 Å². The maximum Gasteiger partial charge on any atom is 0.0898 e. The fourth-order valence-corrected chi connectivity index (χ4v) is 3.53. The molecule has 4 heteroatoms. The van der Waals surface area contributed by atoms with E-state index in [9.17, 15) is 5.11 Å². The molecule has 2 fully saturated rings. The molecule has 2 heterocycles. The van der Waals surface area contributed by atoms with Crippen molar-refractivity contribution in [3.05, 3.63) is 35.9 Å². The van der Waals surface area contributed by atoms with Gasteiger partial charge in [0.2, 0.25) is 0 Å². The van der Waals surface area contributed by atoms with Gasteiger partial charge in [-0.1, -0.05) is 30.3 Å². The fraction of sp³-hybridized carbons (Fsp3) is 0.667. The quantitative estimate of drug-likeness (QED) is 0.870. The summed E-state index contributed by atoms with van der Waals surface area (Å²) in [6.45, 7) is 5.34. The summed E-state index contributed by atoms with van der Waals surface area (Å²) in [5.74, 6) is 0. The number of likely N-dealkylation sites (tertiary alicyclic amines) is 1. The predicted octanol–water partition coefficient (Wildman–Crippen LogP) is 1.78. The number of nitrogens with zero attached hydrogens (tertiary/aromatic N) is 1. The molecule has 2 aliphatic heterocycles. The molecule has 0 aromatic heterocycles. The standard InChI is InChI=1S/C18H28N2O2/c21-18(9-4-10-19-14-18)15-20-11-7-17(8-12-20)22-13-16-5-2-1-3-6-16/h1-3,5-6,17,19,21H,4,7-15H2/t18-/m0/s1. The summed E-state index contributed by atoms with van der Waals surface area (Å²) in [6, 6.07) is 10.4. The first-order chi connectivity index (χ1) is 10.7. The van der Waals surface area contributed by atoms with Crippen LogP contribution in [0.2, 0.25) is 0 Å². The molecule has 0 amide bonds. The molecular weight excluding hydrogens is 276 g/mol. The summed E-state index contributed by atoms with van der Waals surface area (Å²) in [5.41, 5.74) is 0.711. The van der Waals surface area contributed by atoms with Crippen molar-refractivity contribution in [3.63, 3.8) is 0 Å². The molecule has 1 atom stereocenters. The summed E-state index contributed by atoms with van der Waals surface area (Å²) in [7, 11) is 0. The van der Waals surface area contributed by atoms with Crippen molar-refractivity contribution >= 4 is 0 Å². The zero-order chi connectivity index (χ0) is 15.3. The van der Waals surface area contributed by atoms with Gasteiger partial charge in [0.1, 0.15) is 0 Å². The van der Waals surface area contributed by atoms with Gasteiger partial charge < -0.3 is 20.1 Å². The Bertz CT molecular complexity index is 438. The third kappa shape index (κ3) is 4.53. The number of β-amino-alcohol motifs (C(OH)–C–C–N with tert-alkyl or cyclic N) is 1. The van der Waals surface area contributed by atoms with E-state index < -0.39 is 5.60 Å². The minimum atomic E-state index is -0.532. The van der Waals surface area contributed by atoms with Crippen LogP contribution >= 0.6 is 0 Å². The zero-order valence-electron chi connectivity index (χ0n) is 13.3. The van der Waals surface area contributed by atoms with Gasteiger partial charge in [0.25, 0.3) is 0 Å². The minimum Gasteiger partial charge on any atom is -0.387 e. The molecule has 2 N–H and O–H groups in total. The van der Waals surface area contributed by atoms with E-state index in [4.69, 9.17) is 4.74 Å². The summed E-state index contributed by atoms with van der Waals surface area (Å²) < 4.78 is 6.03. The van der Waals surface area contributed by atoms with Gasteiger partial charge in [-0.2, -0.15) is 0 Å². The zero-order valence-corrected chi connectivity index (χ0v) is 13.3. The number of aliphatic hydroxyl groups is 1. The van der Waals surface area contributed by atoms with Crippen LogP contribution in [0.4, 0.5) is 0 Å². The van der Waals surface area contributed by atoms with E-state index in [0.29, 0.717) is 12.7 Å². The second-order valence-corrected chi connectivity index (χ2v) is 6.78. The van der Waals surface area contributed by atoms with Crippen LogP contribution in [0.1, 0.15) is 31.2 Å². The Labute approximate surface area is 133 Å². The molecule has 2 saturated heterocycles. The van der Waals surface area contributed by atoms with Crippen LogP contribution in [0, 0.1) is 0 Å². The highest BCUT2D eigenvalue weighted by atomic mass is 16.5. The number of rotatable bonds is 5. The second-order valence-electron chi connectivity index (χ2n) is 6.78. The van der Waals surface area contributed by atoms with Crippen molar-refractivity contribution in [2.24, 2.45) is 0 Å². The van der Waals surface area contributed by atoms with Crippen molar-refractivity contribution in [2.45, 2.75) is 44.0 Å². The van der Waals surface area contributed by atoms with E-state index in [-0.39, 0.29) is 0 Å². The molecule has 1 aromatic rings. The van der Waals surface area contributed by atoms with Crippen molar-refractivity contribution in [1.29, 1.82) is 0 Å². The number of hydrogen-bond acceptors (Lipinski definition) is 4. The van der Waals surface area contributed by atoms with Crippen LogP contribution in [0.5, 0.6) is 0 Å². The van der Waals surface area contributed by atoms with E-state index >= 15 is 0 Å². The molecule has 0 radical (unpaired) electrons. The van der Waals surface area contributed by atoms with Crippen LogP contribution in [-0.4, -0.2) is 54.4 Å². The van der Waals surface area contributed by atoms with E-state index in [1.807, 2.05) is 6.07 Å². The molecule has 122 valence electrons. The van der Waals surface area contributed by atoms with Gasteiger partial charge in [0, 0.05) is 26.2 Å². The Morgan fingerprint density at radius 3 is 2.68 bits per heavy atom. The largest absolute Gasteiger partial charge is 0.387 e. The van der Waals surface area contributed by atoms with Gasteiger partial charge in [-0.25, -0.2) is 0 Å². The maximum absolute atomic E-state index is 10.6. The second kappa shape index (κ2) is 7.55. The first-order valence-electron chi connectivity index (χ1n) is 8.55. The lowest BCUT2D eigenvalue weighted by Gasteiger charge is -2.40. The molecule has 4 nitrogen and oxygen atoms in total. The molecule has 1 aromatic carbocycles. The van der Waals surface area contributed by atoms with Gasteiger partial charge in [-0.05, 0) is 37.8 Å². The highest BCUT2D eigenvalue weighted by Gasteiger charge is 2.32. The van der Waals surface area contributed by atoms with Crippen molar-refractivity contribution in [1.82, 2.24) is 10.2 Å². The van der Waals surface area contributed by atoms with Crippen LogP contribution < -0.4 is 5.32 Å². The average molecular weight is 304 g/mol. The summed E-state index contributed by atoms with van der Waals surface area (Å²) >= 11 is 0. The third-order valence-electron chi connectivity index (χ3n) is 4.83. The molecule has 2 aliphatic rings. The monoisotopic (exact) mass is 304 g/mol. The van der Waals surface area contributed by atoms with Gasteiger partial charge in [0.05, 0.1) is 18.3 Å². The van der Waals surface area contributed by atoms with E-state index in [0.717, 1.165) is 58.4 Å². The summed E-state index contributed by atoms with van der Waals surface area (Å²) in [6.07, 6.45) is 4.49. The Morgan fingerprint density at radius 2 is 2.00 bits per heavy atom. The van der Waals surface area contributed by atoms with E-state index in [1.54, 1.807) is 0 Å². The van der Waals surface area contributed by atoms with Crippen LogP contribution in [-0.2, 0) is 11.3 Å². The summed E-state index contributed by atoms with van der Waals surface area (Å²) in [4.78, 5) is 2.40. The first kappa shape index (κ1) is 15.9. The van der Waals surface area contributed by atoms with Gasteiger partial charge in [0.15, 0.2) is 0 Å².